The minimum absolute atomic E-state index is 0.581. The summed E-state index contributed by atoms with van der Waals surface area (Å²) in [4.78, 5) is 1.40. The molecule has 0 nitrogen and oxygen atoms in total. The van der Waals surface area contributed by atoms with Crippen molar-refractivity contribution in [1.29, 1.82) is 0 Å². The lowest BCUT2D eigenvalue weighted by atomic mass is 10.0. The van der Waals surface area contributed by atoms with Crippen LogP contribution in [0.5, 0.6) is 0 Å². The number of aryl methyl sites for hydroxylation is 2. The van der Waals surface area contributed by atoms with Crippen LogP contribution in [0.3, 0.4) is 0 Å². The summed E-state index contributed by atoms with van der Waals surface area (Å²) >= 11 is 1.84. The van der Waals surface area contributed by atoms with Gasteiger partial charge in [0, 0.05) is 4.90 Å². The van der Waals surface area contributed by atoms with Crippen LogP contribution >= 0.6 is 11.8 Å². The molecule has 0 aliphatic heterocycles. The van der Waals surface area contributed by atoms with E-state index in [-0.39, 0.29) is 0 Å². The topological polar surface area (TPSA) is 0 Å². The smallest absolute Gasteiger partial charge is 0.0153 e. The van der Waals surface area contributed by atoms with Crippen LogP contribution in [0, 0.1) is 13.8 Å². The van der Waals surface area contributed by atoms with Crippen molar-refractivity contribution >= 4 is 11.8 Å². The van der Waals surface area contributed by atoms with Crippen LogP contribution < -0.4 is 0 Å². The second-order valence-corrected chi connectivity index (χ2v) is 5.85. The van der Waals surface area contributed by atoms with Crippen LogP contribution in [0.15, 0.2) is 29.2 Å². The fraction of sp³-hybridized carbons (Fsp3) is 0.375. The van der Waals surface area contributed by atoms with Gasteiger partial charge in [-0.15, -0.1) is 11.8 Å². The minimum Gasteiger partial charge on any atom is -0.129 e. The Hall–Kier alpha value is -0.950. The quantitative estimate of drug-likeness (QED) is 0.650. The summed E-state index contributed by atoms with van der Waals surface area (Å²) in [7, 11) is 0. The van der Waals surface area contributed by atoms with Gasteiger partial charge in [0.25, 0.3) is 0 Å². The molecule has 1 heteroatoms. The second-order valence-electron chi connectivity index (χ2n) is 5.00. The molecule has 2 rings (SSSR count). The van der Waals surface area contributed by atoms with Crippen molar-refractivity contribution in [2.45, 2.75) is 38.5 Å². The molecule has 0 spiro atoms. The SMILES string of the molecule is CSc1cc(C)c2cc(C(C)C)ccc(C)c1-2. The van der Waals surface area contributed by atoms with Crippen molar-refractivity contribution in [2.24, 2.45) is 0 Å². The summed E-state index contributed by atoms with van der Waals surface area (Å²) in [6.45, 7) is 8.94. The number of fused-ring (bicyclic) bond motifs is 1. The second kappa shape index (κ2) is 4.73. The summed E-state index contributed by atoms with van der Waals surface area (Å²) in [5.41, 5.74) is 7.04. The molecule has 0 N–H and O–H groups in total. The first kappa shape index (κ1) is 12.5. The van der Waals surface area contributed by atoms with E-state index in [0.29, 0.717) is 5.92 Å². The van der Waals surface area contributed by atoms with E-state index in [1.54, 1.807) is 0 Å². The first-order valence-corrected chi connectivity index (χ1v) is 7.35. The van der Waals surface area contributed by atoms with E-state index in [9.17, 15) is 0 Å². The van der Waals surface area contributed by atoms with Crippen LogP contribution in [-0.2, 0) is 0 Å². The normalized spacial score (nSPS) is 11.4. The molecule has 0 heterocycles. The van der Waals surface area contributed by atoms with Crippen LogP contribution in [0.4, 0.5) is 0 Å². The van der Waals surface area contributed by atoms with Crippen LogP contribution in [-0.4, -0.2) is 6.26 Å². The molecule has 2 aliphatic rings. The maximum atomic E-state index is 2.36. The Morgan fingerprint density at radius 1 is 1.00 bits per heavy atom. The van der Waals surface area contributed by atoms with Gasteiger partial charge in [0.2, 0.25) is 0 Å². The predicted molar refractivity (Wildman–Crippen MR) is 78.4 cm³/mol. The van der Waals surface area contributed by atoms with E-state index in [4.69, 9.17) is 0 Å². The van der Waals surface area contributed by atoms with E-state index in [1.807, 2.05) is 11.8 Å². The van der Waals surface area contributed by atoms with E-state index >= 15 is 0 Å². The van der Waals surface area contributed by atoms with Crippen molar-refractivity contribution < 1.29 is 0 Å². The molecule has 90 valence electrons. The zero-order chi connectivity index (χ0) is 12.6. The van der Waals surface area contributed by atoms with Gasteiger partial charge >= 0.3 is 0 Å². The average molecular weight is 244 g/mol. The molecule has 0 amide bonds. The van der Waals surface area contributed by atoms with Gasteiger partial charge in [-0.05, 0) is 59.9 Å². The van der Waals surface area contributed by atoms with Crippen LogP contribution in [0.2, 0.25) is 0 Å². The monoisotopic (exact) mass is 244 g/mol. The summed E-state index contributed by atoms with van der Waals surface area (Å²) < 4.78 is 0. The predicted octanol–water partition coefficient (Wildman–Crippen LogP) is 5.25. The molecule has 0 saturated heterocycles. The Morgan fingerprint density at radius 3 is 2.29 bits per heavy atom. The van der Waals surface area contributed by atoms with Gasteiger partial charge in [-0.2, -0.15) is 0 Å². The Morgan fingerprint density at radius 2 is 1.71 bits per heavy atom. The fourth-order valence-corrected chi connectivity index (χ4v) is 3.08. The van der Waals surface area contributed by atoms with E-state index in [2.05, 4.69) is 58.2 Å². The average Bonchev–Trinajstić information content (AvgIpc) is 2.48. The summed E-state index contributed by atoms with van der Waals surface area (Å²) in [5, 5.41) is 0. The van der Waals surface area contributed by atoms with Crippen LogP contribution in [0.25, 0.3) is 11.1 Å². The van der Waals surface area contributed by atoms with E-state index in [1.165, 1.54) is 32.7 Å². The Balaban J connectivity index is 2.74. The zero-order valence-corrected chi connectivity index (χ0v) is 12.1. The highest BCUT2D eigenvalue weighted by atomic mass is 32.2. The van der Waals surface area contributed by atoms with Crippen molar-refractivity contribution in [3.63, 3.8) is 0 Å². The van der Waals surface area contributed by atoms with Crippen molar-refractivity contribution in [3.05, 3.63) is 41.0 Å². The van der Waals surface area contributed by atoms with Crippen molar-refractivity contribution in [3.8, 4) is 11.1 Å². The molecule has 0 atom stereocenters. The third-order valence-electron chi connectivity index (χ3n) is 3.41. The van der Waals surface area contributed by atoms with E-state index < -0.39 is 0 Å². The van der Waals surface area contributed by atoms with Gasteiger partial charge in [-0.1, -0.05) is 32.0 Å². The lowest BCUT2D eigenvalue weighted by molar-refractivity contribution is 0.868. The zero-order valence-electron chi connectivity index (χ0n) is 11.3. The fourth-order valence-electron chi connectivity index (χ4n) is 2.31. The molecule has 0 aromatic rings. The highest BCUT2D eigenvalue weighted by molar-refractivity contribution is 7.98. The Kier molecular flexibility index (Phi) is 3.48. The molecule has 0 aromatic heterocycles. The third-order valence-corrected chi connectivity index (χ3v) is 4.17. The molecule has 0 radical (unpaired) electrons. The lowest BCUT2D eigenvalue weighted by Gasteiger charge is -2.04. The highest BCUT2D eigenvalue weighted by Gasteiger charge is 2.15. The third kappa shape index (κ3) is 2.21. The molecule has 0 saturated carbocycles. The number of rotatable bonds is 2. The summed E-state index contributed by atoms with van der Waals surface area (Å²) in [6.07, 6.45) is 2.16. The molecule has 0 fully saturated rings. The maximum Gasteiger partial charge on any atom is 0.0153 e. The lowest BCUT2D eigenvalue weighted by Crippen LogP contribution is -1.83. The number of thioether (sulfide) groups is 1. The van der Waals surface area contributed by atoms with Gasteiger partial charge in [-0.25, -0.2) is 0 Å². The first-order valence-electron chi connectivity index (χ1n) is 6.12. The first-order chi connectivity index (χ1) is 8.04. The molecule has 0 bridgehead atoms. The largest absolute Gasteiger partial charge is 0.129 e. The van der Waals surface area contributed by atoms with Gasteiger partial charge in [0.1, 0.15) is 0 Å². The number of hydrogen-bond donors (Lipinski definition) is 0. The van der Waals surface area contributed by atoms with Gasteiger partial charge in [0.15, 0.2) is 0 Å². The van der Waals surface area contributed by atoms with Crippen molar-refractivity contribution in [2.75, 3.05) is 6.26 Å². The maximum absolute atomic E-state index is 2.36. The molecule has 0 aromatic carbocycles. The molecule has 2 aliphatic carbocycles. The molecular weight excluding hydrogens is 224 g/mol. The highest BCUT2D eigenvalue weighted by Crippen LogP contribution is 2.40. The van der Waals surface area contributed by atoms with Gasteiger partial charge in [0.05, 0.1) is 0 Å². The Bertz CT molecular complexity index is 512. The summed E-state index contributed by atoms with van der Waals surface area (Å²) in [5.74, 6) is 0.581. The Labute approximate surface area is 109 Å². The van der Waals surface area contributed by atoms with E-state index in [0.717, 1.165) is 0 Å². The van der Waals surface area contributed by atoms with Crippen LogP contribution in [0.1, 0.15) is 36.5 Å². The number of hydrogen-bond acceptors (Lipinski definition) is 1. The minimum atomic E-state index is 0.581. The summed E-state index contributed by atoms with van der Waals surface area (Å²) in [6, 6.07) is 9.20. The van der Waals surface area contributed by atoms with Crippen molar-refractivity contribution in [1.82, 2.24) is 0 Å². The standard InChI is InChI=1S/C16H20S/c1-10(2)13-7-6-11(3)16-14(9-13)12(4)8-15(16)17-5/h6-10H,1-5H3. The van der Waals surface area contributed by atoms with Gasteiger partial charge < -0.3 is 0 Å². The molecule has 17 heavy (non-hydrogen) atoms. The van der Waals surface area contributed by atoms with Gasteiger partial charge in [-0.3, -0.25) is 0 Å². The molecule has 0 unspecified atom stereocenters. The molecular formula is C16H20S.